The van der Waals surface area contributed by atoms with Gasteiger partial charge in [0.1, 0.15) is 0 Å². The van der Waals surface area contributed by atoms with Crippen LogP contribution >= 0.6 is 11.3 Å². The molecule has 1 fully saturated rings. The van der Waals surface area contributed by atoms with Crippen molar-refractivity contribution in [3.8, 4) is 21.8 Å². The van der Waals surface area contributed by atoms with Crippen LogP contribution in [-0.2, 0) is 10.0 Å². The lowest BCUT2D eigenvalue weighted by atomic mass is 10.1. The Kier molecular flexibility index (Phi) is 6.77. The Labute approximate surface area is 196 Å². The molecule has 33 heavy (non-hydrogen) atoms. The molecule has 1 aromatic carbocycles. The first-order valence-corrected chi connectivity index (χ1v) is 13.1. The van der Waals surface area contributed by atoms with Gasteiger partial charge in [0.15, 0.2) is 10.9 Å². The summed E-state index contributed by atoms with van der Waals surface area (Å²) in [5.74, 6) is -0.669. The summed E-state index contributed by atoms with van der Waals surface area (Å²) in [6.07, 6.45) is 1.97. The summed E-state index contributed by atoms with van der Waals surface area (Å²) in [5.41, 5.74) is 6.80. The Bertz CT molecular complexity index is 1240. The Balaban J connectivity index is 1.80. The zero-order valence-corrected chi connectivity index (χ0v) is 20.1. The highest BCUT2D eigenvalue weighted by molar-refractivity contribution is 7.92. The minimum absolute atomic E-state index is 0.0909. The quantitative estimate of drug-likeness (QED) is 0.518. The molecule has 1 saturated heterocycles. The lowest BCUT2D eigenvalue weighted by Gasteiger charge is -2.32. The van der Waals surface area contributed by atoms with Gasteiger partial charge >= 0.3 is 0 Å². The largest absolute Gasteiger partial charge is 0.368 e. The second-order valence-corrected chi connectivity index (χ2v) is 10.7. The molecule has 3 aromatic rings. The number of nitrogens with zero attached hydrogens (tertiary/aromatic N) is 5. The fraction of sp³-hybridized carbons (Fsp3) is 0.381. The monoisotopic (exact) mass is 491 g/mol. The fourth-order valence-electron chi connectivity index (χ4n) is 3.58. The predicted octanol–water partition coefficient (Wildman–Crippen LogP) is 2.89. The zero-order valence-electron chi connectivity index (χ0n) is 18.5. The van der Waals surface area contributed by atoms with Crippen LogP contribution in [-0.4, -0.2) is 67.2 Å². The van der Waals surface area contributed by atoms with Crippen LogP contribution in [0.2, 0.25) is 0 Å². The number of nitrogen functional groups attached to an aromatic ring is 1. The van der Waals surface area contributed by atoms with E-state index in [1.165, 1.54) is 17.4 Å². The minimum atomic E-state index is -3.65. The number of halogens is 1. The van der Waals surface area contributed by atoms with Gasteiger partial charge in [-0.3, -0.25) is 4.72 Å². The van der Waals surface area contributed by atoms with E-state index in [2.05, 4.69) is 31.5 Å². The molecule has 0 radical (unpaired) electrons. The lowest BCUT2D eigenvalue weighted by Crippen LogP contribution is -2.44. The summed E-state index contributed by atoms with van der Waals surface area (Å²) >= 11 is 1.40. The number of anilines is 3. The summed E-state index contributed by atoms with van der Waals surface area (Å²) in [4.78, 5) is 18.1. The molecule has 3 N–H and O–H groups in total. The Morgan fingerprint density at radius 1 is 1.18 bits per heavy atom. The van der Waals surface area contributed by atoms with E-state index in [4.69, 9.17) is 10.7 Å². The molecule has 9 nitrogen and oxygen atoms in total. The molecule has 176 valence electrons. The molecule has 0 saturated carbocycles. The van der Waals surface area contributed by atoms with Gasteiger partial charge in [0.2, 0.25) is 16.0 Å². The molecule has 0 atom stereocenters. The van der Waals surface area contributed by atoms with Crippen molar-refractivity contribution in [3.05, 3.63) is 36.3 Å². The molecule has 0 amide bonds. The third-order valence-corrected chi connectivity index (χ3v) is 7.90. The number of piperazine rings is 1. The van der Waals surface area contributed by atoms with E-state index in [-0.39, 0.29) is 23.0 Å². The molecular formula is C21H26FN7O2S2. The van der Waals surface area contributed by atoms with Gasteiger partial charge < -0.3 is 15.5 Å². The highest BCUT2D eigenvalue weighted by Crippen LogP contribution is 2.41. The molecule has 4 rings (SSSR count). The van der Waals surface area contributed by atoms with Crippen molar-refractivity contribution < 1.29 is 12.8 Å². The Morgan fingerprint density at radius 2 is 1.94 bits per heavy atom. The third kappa shape index (κ3) is 5.23. The van der Waals surface area contributed by atoms with Gasteiger partial charge in [0.05, 0.1) is 27.7 Å². The summed E-state index contributed by atoms with van der Waals surface area (Å²) in [5, 5.41) is 0.752. The number of aromatic nitrogens is 3. The van der Waals surface area contributed by atoms with Gasteiger partial charge in [0.25, 0.3) is 0 Å². The molecule has 12 heteroatoms. The molecule has 1 aliphatic heterocycles. The minimum Gasteiger partial charge on any atom is -0.368 e. The number of hydrogen-bond donors (Lipinski definition) is 2. The van der Waals surface area contributed by atoms with Crippen molar-refractivity contribution in [2.24, 2.45) is 0 Å². The summed E-state index contributed by atoms with van der Waals surface area (Å²) < 4.78 is 42.4. The number of nitrogens with one attached hydrogen (secondary N) is 1. The first-order valence-electron chi connectivity index (χ1n) is 10.6. The van der Waals surface area contributed by atoms with Crippen molar-refractivity contribution in [1.82, 2.24) is 19.9 Å². The van der Waals surface area contributed by atoms with E-state index in [1.54, 1.807) is 31.3 Å². The molecule has 1 aliphatic rings. The SMILES string of the molecule is CCCS(=O)(=O)Nc1cccc(-c2nc(N3CCN(C)CC3)sc2-c2ccnc(N)n2)c1F. The molecule has 0 spiro atoms. The van der Waals surface area contributed by atoms with Crippen molar-refractivity contribution in [3.63, 3.8) is 0 Å². The highest BCUT2D eigenvalue weighted by Gasteiger charge is 2.25. The maximum atomic E-state index is 15.6. The van der Waals surface area contributed by atoms with E-state index < -0.39 is 15.8 Å². The molecule has 0 bridgehead atoms. The first kappa shape index (κ1) is 23.3. The molecule has 2 aromatic heterocycles. The highest BCUT2D eigenvalue weighted by atomic mass is 32.2. The number of rotatable bonds is 7. The maximum absolute atomic E-state index is 15.6. The Hall–Kier alpha value is -2.83. The van der Waals surface area contributed by atoms with E-state index in [0.29, 0.717) is 22.7 Å². The van der Waals surface area contributed by atoms with Crippen LogP contribution in [0.1, 0.15) is 13.3 Å². The number of nitrogens with two attached hydrogens (primary N) is 1. The molecule has 0 aliphatic carbocycles. The van der Waals surface area contributed by atoms with Crippen LogP contribution in [0, 0.1) is 5.82 Å². The number of likely N-dealkylation sites (N-methyl/N-ethyl adjacent to an activating group) is 1. The van der Waals surface area contributed by atoms with Gasteiger partial charge in [0, 0.05) is 37.9 Å². The van der Waals surface area contributed by atoms with Crippen LogP contribution < -0.4 is 15.4 Å². The predicted molar refractivity (Wildman–Crippen MR) is 130 cm³/mol. The van der Waals surface area contributed by atoms with Crippen molar-refractivity contribution in [1.29, 1.82) is 0 Å². The number of sulfonamides is 1. The van der Waals surface area contributed by atoms with Crippen LogP contribution in [0.4, 0.5) is 21.2 Å². The first-order chi connectivity index (χ1) is 15.8. The van der Waals surface area contributed by atoms with Crippen LogP contribution in [0.15, 0.2) is 30.5 Å². The standard InChI is InChI=1S/C21H26FN7O2S2/c1-3-13-33(30,31)27-15-6-4-5-14(17(15)22)18-19(16-7-8-24-20(23)25-16)32-21(26-18)29-11-9-28(2)10-12-29/h4-8,27H,3,9-13H2,1-2H3,(H2,23,24,25). The number of thiazole rings is 1. The third-order valence-electron chi connectivity index (χ3n) is 5.29. The van der Waals surface area contributed by atoms with Gasteiger partial charge in [-0.05, 0) is 31.7 Å². The molecular weight excluding hydrogens is 465 g/mol. The van der Waals surface area contributed by atoms with Crippen LogP contribution in [0.3, 0.4) is 0 Å². The van der Waals surface area contributed by atoms with Gasteiger partial charge in [-0.15, -0.1) is 0 Å². The maximum Gasteiger partial charge on any atom is 0.232 e. The van der Waals surface area contributed by atoms with Gasteiger partial charge in [-0.25, -0.2) is 27.8 Å². The fourth-order valence-corrected chi connectivity index (χ4v) is 5.81. The number of hydrogen-bond acceptors (Lipinski definition) is 9. The van der Waals surface area contributed by atoms with E-state index in [1.807, 2.05) is 0 Å². The normalized spacial score (nSPS) is 15.1. The second kappa shape index (κ2) is 9.57. The second-order valence-electron chi connectivity index (χ2n) is 7.85. The van der Waals surface area contributed by atoms with E-state index in [9.17, 15) is 8.42 Å². The summed E-state index contributed by atoms with van der Waals surface area (Å²) in [6, 6.07) is 6.30. The average Bonchev–Trinajstić information content (AvgIpc) is 3.21. The smallest absolute Gasteiger partial charge is 0.232 e. The lowest BCUT2D eigenvalue weighted by molar-refractivity contribution is 0.313. The summed E-state index contributed by atoms with van der Waals surface area (Å²) in [6.45, 7) is 5.14. The average molecular weight is 492 g/mol. The number of benzene rings is 1. The topological polar surface area (TPSA) is 117 Å². The van der Waals surface area contributed by atoms with Crippen molar-refractivity contribution >= 4 is 38.1 Å². The molecule has 0 unspecified atom stereocenters. The van der Waals surface area contributed by atoms with Gasteiger partial charge in [-0.1, -0.05) is 24.3 Å². The van der Waals surface area contributed by atoms with Gasteiger partial charge in [-0.2, -0.15) is 0 Å². The zero-order chi connectivity index (χ0) is 23.6. The van der Waals surface area contributed by atoms with Crippen molar-refractivity contribution in [2.75, 3.05) is 54.3 Å². The van der Waals surface area contributed by atoms with E-state index in [0.717, 1.165) is 31.3 Å². The van der Waals surface area contributed by atoms with Crippen LogP contribution in [0.25, 0.3) is 21.8 Å². The van der Waals surface area contributed by atoms with E-state index >= 15 is 4.39 Å². The Morgan fingerprint density at radius 3 is 2.64 bits per heavy atom. The molecule has 3 heterocycles. The van der Waals surface area contributed by atoms with Crippen molar-refractivity contribution in [2.45, 2.75) is 13.3 Å². The summed E-state index contributed by atoms with van der Waals surface area (Å²) in [7, 11) is -1.58. The van der Waals surface area contributed by atoms with Crippen LogP contribution in [0.5, 0.6) is 0 Å².